The summed E-state index contributed by atoms with van der Waals surface area (Å²) in [5.74, 6) is 0.0810. The van der Waals surface area contributed by atoms with Gasteiger partial charge in [-0.25, -0.2) is 4.98 Å². The first-order chi connectivity index (χ1) is 9.10. The minimum absolute atomic E-state index is 0.00268. The summed E-state index contributed by atoms with van der Waals surface area (Å²) in [6.45, 7) is -0.242. The standard InChI is InChI=1S/C11H12ClN5O2/c12-9-8-10(16-11(13)15-9)17(4-14-8)2-5-1-6(5)7(19)3-18/h2,4,6-7,18-19H,1,3H2,(H2,13,15,16)/b5-2+/t6-,7-/m0/s1. The number of rotatable bonds is 3. The lowest BCUT2D eigenvalue weighted by molar-refractivity contribution is 0.0815. The Bertz CT molecular complexity index is 668. The fraction of sp³-hybridized carbons (Fsp3) is 0.364. The zero-order valence-electron chi connectivity index (χ0n) is 9.86. The maximum Gasteiger partial charge on any atom is 0.223 e. The fourth-order valence-electron chi connectivity index (χ4n) is 2.02. The number of fused-ring (bicyclic) bond motifs is 1. The molecule has 2 aromatic heterocycles. The predicted molar refractivity (Wildman–Crippen MR) is 70.2 cm³/mol. The van der Waals surface area contributed by atoms with Gasteiger partial charge in [0.15, 0.2) is 10.8 Å². The van der Waals surface area contributed by atoms with E-state index in [1.807, 2.05) is 6.20 Å². The average Bonchev–Trinajstić information content (AvgIpc) is 3.02. The molecular formula is C11H12ClN5O2. The smallest absolute Gasteiger partial charge is 0.223 e. The van der Waals surface area contributed by atoms with E-state index < -0.39 is 6.10 Å². The summed E-state index contributed by atoms with van der Waals surface area (Å²) in [5.41, 5.74) is 7.58. The van der Waals surface area contributed by atoms with Gasteiger partial charge in [-0.1, -0.05) is 11.6 Å². The van der Waals surface area contributed by atoms with Crippen LogP contribution in [0.4, 0.5) is 5.95 Å². The van der Waals surface area contributed by atoms with E-state index in [9.17, 15) is 5.11 Å². The van der Waals surface area contributed by atoms with Crippen LogP contribution in [0, 0.1) is 5.92 Å². The molecule has 1 saturated carbocycles. The summed E-state index contributed by atoms with van der Waals surface area (Å²) in [6.07, 6.45) is 3.42. The predicted octanol–water partition coefficient (Wildman–Crippen LogP) is 0.276. The number of halogens is 1. The molecule has 0 amide bonds. The molecule has 0 aliphatic heterocycles. The fourth-order valence-corrected chi connectivity index (χ4v) is 2.24. The van der Waals surface area contributed by atoms with E-state index >= 15 is 0 Å². The van der Waals surface area contributed by atoms with Crippen molar-refractivity contribution in [1.29, 1.82) is 0 Å². The Morgan fingerprint density at radius 3 is 3.11 bits per heavy atom. The topological polar surface area (TPSA) is 110 Å². The zero-order chi connectivity index (χ0) is 13.6. The molecule has 19 heavy (non-hydrogen) atoms. The first-order valence-electron chi connectivity index (χ1n) is 5.75. The molecule has 0 unspecified atom stereocenters. The number of nitrogens with two attached hydrogens (primary N) is 1. The Hall–Kier alpha value is -1.70. The van der Waals surface area contributed by atoms with Crippen molar-refractivity contribution in [3.63, 3.8) is 0 Å². The van der Waals surface area contributed by atoms with Gasteiger partial charge in [-0.3, -0.25) is 4.57 Å². The summed E-state index contributed by atoms with van der Waals surface area (Å²) in [5, 5.41) is 18.6. The largest absolute Gasteiger partial charge is 0.394 e. The van der Waals surface area contributed by atoms with Gasteiger partial charge in [0.05, 0.1) is 12.7 Å². The number of anilines is 1. The molecule has 0 radical (unpaired) electrons. The van der Waals surface area contributed by atoms with E-state index in [0.29, 0.717) is 11.2 Å². The number of hydrogen-bond acceptors (Lipinski definition) is 6. The Labute approximate surface area is 113 Å². The van der Waals surface area contributed by atoms with E-state index in [1.54, 1.807) is 10.9 Å². The molecule has 2 atom stereocenters. The number of imidazole rings is 1. The van der Waals surface area contributed by atoms with Crippen LogP contribution in [0.2, 0.25) is 5.15 Å². The summed E-state index contributed by atoms with van der Waals surface area (Å²) >= 11 is 5.93. The number of aromatic nitrogens is 4. The molecular weight excluding hydrogens is 270 g/mol. The van der Waals surface area contributed by atoms with Crippen LogP contribution in [-0.4, -0.2) is 42.4 Å². The molecule has 1 fully saturated rings. The zero-order valence-corrected chi connectivity index (χ0v) is 10.6. The van der Waals surface area contributed by atoms with Crippen molar-refractivity contribution in [3.05, 3.63) is 17.1 Å². The van der Waals surface area contributed by atoms with E-state index in [-0.39, 0.29) is 23.6 Å². The molecule has 100 valence electrons. The van der Waals surface area contributed by atoms with Crippen molar-refractivity contribution in [3.8, 4) is 0 Å². The number of aliphatic hydroxyl groups is 2. The highest BCUT2D eigenvalue weighted by Crippen LogP contribution is 2.41. The lowest BCUT2D eigenvalue weighted by atomic mass is 10.2. The van der Waals surface area contributed by atoms with Gasteiger partial charge in [0, 0.05) is 12.1 Å². The quantitative estimate of drug-likeness (QED) is 0.697. The van der Waals surface area contributed by atoms with Gasteiger partial charge in [-0.05, 0) is 12.0 Å². The Morgan fingerprint density at radius 1 is 1.58 bits per heavy atom. The number of hydrogen-bond donors (Lipinski definition) is 3. The van der Waals surface area contributed by atoms with Crippen LogP contribution in [0.3, 0.4) is 0 Å². The highest BCUT2D eigenvalue weighted by atomic mass is 35.5. The van der Waals surface area contributed by atoms with E-state index in [0.717, 1.165) is 12.0 Å². The van der Waals surface area contributed by atoms with Crippen molar-refractivity contribution in [2.75, 3.05) is 12.3 Å². The second-order valence-electron chi connectivity index (χ2n) is 4.46. The Balaban J connectivity index is 1.97. The summed E-state index contributed by atoms with van der Waals surface area (Å²) in [6, 6.07) is 0. The highest BCUT2D eigenvalue weighted by Gasteiger charge is 2.36. The van der Waals surface area contributed by atoms with Crippen LogP contribution < -0.4 is 5.73 Å². The summed E-state index contributed by atoms with van der Waals surface area (Å²) in [7, 11) is 0. The van der Waals surface area contributed by atoms with Crippen molar-refractivity contribution in [2.24, 2.45) is 5.92 Å². The van der Waals surface area contributed by atoms with Crippen molar-refractivity contribution in [2.45, 2.75) is 12.5 Å². The second kappa shape index (κ2) is 4.44. The molecule has 0 aromatic carbocycles. The number of nitrogen functional groups attached to an aromatic ring is 1. The average molecular weight is 282 g/mol. The first kappa shape index (κ1) is 12.3. The molecule has 2 aromatic rings. The molecule has 4 N–H and O–H groups in total. The molecule has 1 aliphatic rings. The second-order valence-corrected chi connectivity index (χ2v) is 4.82. The van der Waals surface area contributed by atoms with Gasteiger partial charge in [0.2, 0.25) is 5.95 Å². The molecule has 2 heterocycles. The monoisotopic (exact) mass is 281 g/mol. The van der Waals surface area contributed by atoms with Crippen LogP contribution in [0.25, 0.3) is 17.4 Å². The molecule has 0 saturated heterocycles. The van der Waals surface area contributed by atoms with Crippen LogP contribution in [0.15, 0.2) is 11.9 Å². The first-order valence-corrected chi connectivity index (χ1v) is 6.13. The Kier molecular flexibility index (Phi) is 2.89. The number of nitrogens with zero attached hydrogens (tertiary/aromatic N) is 4. The van der Waals surface area contributed by atoms with E-state index in [4.69, 9.17) is 22.4 Å². The van der Waals surface area contributed by atoms with Gasteiger partial charge >= 0.3 is 0 Å². The normalized spacial score (nSPS) is 22.1. The third-order valence-corrected chi connectivity index (χ3v) is 3.39. The van der Waals surface area contributed by atoms with Gasteiger partial charge in [0.1, 0.15) is 11.8 Å². The van der Waals surface area contributed by atoms with Gasteiger partial charge in [0.25, 0.3) is 0 Å². The van der Waals surface area contributed by atoms with Crippen LogP contribution in [0.5, 0.6) is 0 Å². The lowest BCUT2D eigenvalue weighted by Gasteiger charge is -2.02. The lowest BCUT2D eigenvalue weighted by Crippen LogP contribution is -2.14. The molecule has 8 heteroatoms. The van der Waals surface area contributed by atoms with Crippen molar-refractivity contribution >= 4 is 34.9 Å². The summed E-state index contributed by atoms with van der Waals surface area (Å²) < 4.78 is 1.69. The molecule has 7 nitrogen and oxygen atoms in total. The maximum absolute atomic E-state index is 9.52. The van der Waals surface area contributed by atoms with Crippen LogP contribution in [-0.2, 0) is 0 Å². The third kappa shape index (κ3) is 2.16. The van der Waals surface area contributed by atoms with Gasteiger partial charge < -0.3 is 15.9 Å². The maximum atomic E-state index is 9.52. The minimum Gasteiger partial charge on any atom is -0.394 e. The third-order valence-electron chi connectivity index (χ3n) is 3.12. The molecule has 1 aliphatic carbocycles. The minimum atomic E-state index is -0.718. The van der Waals surface area contributed by atoms with Crippen molar-refractivity contribution < 1.29 is 10.2 Å². The highest BCUT2D eigenvalue weighted by molar-refractivity contribution is 6.33. The van der Waals surface area contributed by atoms with Crippen molar-refractivity contribution in [1.82, 2.24) is 19.5 Å². The summed E-state index contributed by atoms with van der Waals surface area (Å²) in [4.78, 5) is 12.0. The van der Waals surface area contributed by atoms with E-state index in [2.05, 4.69) is 15.0 Å². The number of aliphatic hydroxyl groups excluding tert-OH is 2. The molecule has 0 spiro atoms. The van der Waals surface area contributed by atoms with E-state index in [1.165, 1.54) is 0 Å². The molecule has 0 bridgehead atoms. The molecule has 3 rings (SSSR count). The SMILES string of the molecule is Nc1nc(Cl)c2ncn(/C=C3\C[C@@H]3[C@@H](O)CO)c2n1. The van der Waals surface area contributed by atoms with Gasteiger partial charge in [-0.2, -0.15) is 9.97 Å². The van der Waals surface area contributed by atoms with Crippen LogP contribution in [0.1, 0.15) is 6.42 Å². The van der Waals surface area contributed by atoms with Crippen LogP contribution >= 0.6 is 11.6 Å². The Morgan fingerprint density at radius 2 is 2.37 bits per heavy atom. The van der Waals surface area contributed by atoms with Gasteiger partial charge in [-0.15, -0.1) is 0 Å².